The van der Waals surface area contributed by atoms with Gasteiger partial charge in [0.2, 0.25) is 0 Å². The molecule has 4 heteroatoms. The Hall–Kier alpha value is -1.39. The van der Waals surface area contributed by atoms with E-state index in [-0.39, 0.29) is 4.90 Å². The SMILES string of the molecule is Cc1cc(C)c2ccc(S(=O)(=O)O)cc2c1. The monoisotopic (exact) mass is 236 g/mol. The summed E-state index contributed by atoms with van der Waals surface area (Å²) in [5, 5.41) is 1.82. The Kier molecular flexibility index (Phi) is 2.48. The zero-order chi connectivity index (χ0) is 11.9. The van der Waals surface area contributed by atoms with Crippen LogP contribution < -0.4 is 0 Å². The van der Waals surface area contributed by atoms with Gasteiger partial charge in [-0.05, 0) is 42.3 Å². The van der Waals surface area contributed by atoms with E-state index in [1.807, 2.05) is 26.0 Å². The highest BCUT2D eigenvalue weighted by atomic mass is 32.2. The summed E-state index contributed by atoms with van der Waals surface area (Å²) in [6, 6.07) is 8.56. The van der Waals surface area contributed by atoms with Crippen LogP contribution in [0.25, 0.3) is 10.8 Å². The van der Waals surface area contributed by atoms with Gasteiger partial charge in [0.25, 0.3) is 10.1 Å². The van der Waals surface area contributed by atoms with Gasteiger partial charge < -0.3 is 0 Å². The van der Waals surface area contributed by atoms with Crippen LogP contribution >= 0.6 is 0 Å². The van der Waals surface area contributed by atoms with Crippen LogP contribution in [0.4, 0.5) is 0 Å². The molecular weight excluding hydrogens is 224 g/mol. The number of fused-ring (bicyclic) bond motifs is 1. The van der Waals surface area contributed by atoms with Gasteiger partial charge in [0.1, 0.15) is 0 Å². The van der Waals surface area contributed by atoms with Gasteiger partial charge in [-0.25, -0.2) is 0 Å². The Morgan fingerprint density at radius 3 is 2.38 bits per heavy atom. The lowest BCUT2D eigenvalue weighted by Gasteiger charge is -2.05. The molecule has 2 rings (SSSR count). The molecule has 0 fully saturated rings. The maximum absolute atomic E-state index is 11.0. The molecule has 0 bridgehead atoms. The highest BCUT2D eigenvalue weighted by Crippen LogP contribution is 2.23. The fourth-order valence-corrected chi connectivity index (χ4v) is 2.40. The molecular formula is C12H12O3S. The predicted molar refractivity (Wildman–Crippen MR) is 63.2 cm³/mol. The first kappa shape index (κ1) is 11.1. The van der Waals surface area contributed by atoms with Crippen molar-refractivity contribution in [3.05, 3.63) is 41.5 Å². The van der Waals surface area contributed by atoms with E-state index in [1.165, 1.54) is 12.1 Å². The van der Waals surface area contributed by atoms with E-state index in [2.05, 4.69) is 0 Å². The predicted octanol–water partition coefficient (Wildman–Crippen LogP) is 2.70. The average Bonchev–Trinajstić information content (AvgIpc) is 2.15. The van der Waals surface area contributed by atoms with Gasteiger partial charge >= 0.3 is 0 Å². The maximum atomic E-state index is 11.0. The fraction of sp³-hybridized carbons (Fsp3) is 0.167. The molecule has 0 saturated carbocycles. The van der Waals surface area contributed by atoms with Crippen molar-refractivity contribution in [2.75, 3.05) is 0 Å². The number of aryl methyl sites for hydroxylation is 2. The fourth-order valence-electron chi connectivity index (χ4n) is 1.89. The zero-order valence-electron chi connectivity index (χ0n) is 9.06. The van der Waals surface area contributed by atoms with Gasteiger partial charge in [0.05, 0.1) is 4.90 Å². The molecule has 0 unspecified atom stereocenters. The van der Waals surface area contributed by atoms with Crippen LogP contribution in [0.2, 0.25) is 0 Å². The molecule has 0 atom stereocenters. The van der Waals surface area contributed by atoms with Crippen molar-refractivity contribution in [2.24, 2.45) is 0 Å². The van der Waals surface area contributed by atoms with Gasteiger partial charge in [-0.1, -0.05) is 23.8 Å². The van der Waals surface area contributed by atoms with Crippen LogP contribution in [-0.2, 0) is 10.1 Å². The van der Waals surface area contributed by atoms with Crippen molar-refractivity contribution in [3.63, 3.8) is 0 Å². The molecule has 0 aliphatic rings. The highest BCUT2D eigenvalue weighted by molar-refractivity contribution is 7.85. The van der Waals surface area contributed by atoms with E-state index < -0.39 is 10.1 Å². The summed E-state index contributed by atoms with van der Waals surface area (Å²) in [4.78, 5) is -0.0648. The molecule has 16 heavy (non-hydrogen) atoms. The van der Waals surface area contributed by atoms with E-state index in [1.54, 1.807) is 6.07 Å². The zero-order valence-corrected chi connectivity index (χ0v) is 9.88. The van der Waals surface area contributed by atoms with Crippen molar-refractivity contribution >= 4 is 20.9 Å². The minimum atomic E-state index is -4.12. The Balaban J connectivity index is 2.81. The van der Waals surface area contributed by atoms with Gasteiger partial charge in [-0.2, -0.15) is 8.42 Å². The van der Waals surface area contributed by atoms with Crippen molar-refractivity contribution in [1.82, 2.24) is 0 Å². The lowest BCUT2D eigenvalue weighted by Crippen LogP contribution is -1.97. The summed E-state index contributed by atoms with van der Waals surface area (Å²) in [6.07, 6.45) is 0. The molecule has 3 nitrogen and oxygen atoms in total. The van der Waals surface area contributed by atoms with E-state index >= 15 is 0 Å². The van der Waals surface area contributed by atoms with Gasteiger partial charge in [-0.3, -0.25) is 4.55 Å². The Morgan fingerprint density at radius 1 is 1.06 bits per heavy atom. The molecule has 0 heterocycles. The third-order valence-corrected chi connectivity index (χ3v) is 3.42. The molecule has 0 spiro atoms. The topological polar surface area (TPSA) is 54.4 Å². The Bertz CT molecular complexity index is 657. The number of hydrogen-bond acceptors (Lipinski definition) is 2. The second-order valence-electron chi connectivity index (χ2n) is 3.94. The van der Waals surface area contributed by atoms with E-state index in [4.69, 9.17) is 4.55 Å². The lowest BCUT2D eigenvalue weighted by molar-refractivity contribution is 0.483. The second kappa shape index (κ2) is 3.57. The van der Waals surface area contributed by atoms with E-state index in [9.17, 15) is 8.42 Å². The average molecular weight is 236 g/mol. The van der Waals surface area contributed by atoms with Crippen molar-refractivity contribution in [3.8, 4) is 0 Å². The molecule has 0 radical (unpaired) electrons. The number of hydrogen-bond donors (Lipinski definition) is 1. The molecule has 2 aromatic carbocycles. The lowest BCUT2D eigenvalue weighted by atomic mass is 10.0. The van der Waals surface area contributed by atoms with Gasteiger partial charge in [0, 0.05) is 0 Å². The van der Waals surface area contributed by atoms with Crippen molar-refractivity contribution < 1.29 is 13.0 Å². The number of rotatable bonds is 1. The summed E-state index contributed by atoms with van der Waals surface area (Å²) in [6.45, 7) is 3.93. The normalized spacial score (nSPS) is 11.9. The summed E-state index contributed by atoms with van der Waals surface area (Å²) in [7, 11) is -4.12. The summed E-state index contributed by atoms with van der Waals surface area (Å²) >= 11 is 0. The standard InChI is InChI=1S/C12H12O3S/c1-8-5-9(2)12-4-3-11(16(13,14)15)7-10(12)6-8/h3-7H,1-2H3,(H,13,14,15). The van der Waals surface area contributed by atoms with Crippen LogP contribution in [0, 0.1) is 13.8 Å². The molecule has 2 aromatic rings. The molecule has 0 aliphatic carbocycles. The van der Waals surface area contributed by atoms with Crippen molar-refractivity contribution in [1.29, 1.82) is 0 Å². The van der Waals surface area contributed by atoms with Gasteiger partial charge in [0.15, 0.2) is 0 Å². The van der Waals surface area contributed by atoms with Crippen molar-refractivity contribution in [2.45, 2.75) is 18.7 Å². The first-order valence-electron chi connectivity index (χ1n) is 4.86. The van der Waals surface area contributed by atoms with Crippen LogP contribution in [0.5, 0.6) is 0 Å². The Morgan fingerprint density at radius 2 is 1.75 bits per heavy atom. The van der Waals surface area contributed by atoms with Crippen LogP contribution in [0.1, 0.15) is 11.1 Å². The molecule has 84 valence electrons. The van der Waals surface area contributed by atoms with Crippen LogP contribution in [0.15, 0.2) is 35.2 Å². The number of benzene rings is 2. The molecule has 0 aromatic heterocycles. The third-order valence-electron chi connectivity index (χ3n) is 2.57. The van der Waals surface area contributed by atoms with Gasteiger partial charge in [-0.15, -0.1) is 0 Å². The Labute approximate surface area is 94.5 Å². The largest absolute Gasteiger partial charge is 0.294 e. The molecule has 0 amide bonds. The summed E-state index contributed by atoms with van der Waals surface area (Å²) in [5.74, 6) is 0. The third kappa shape index (κ3) is 1.94. The summed E-state index contributed by atoms with van der Waals surface area (Å²) in [5.41, 5.74) is 2.16. The summed E-state index contributed by atoms with van der Waals surface area (Å²) < 4.78 is 31.0. The quantitative estimate of drug-likeness (QED) is 0.774. The van der Waals surface area contributed by atoms with Crippen LogP contribution in [0.3, 0.4) is 0 Å². The smallest absolute Gasteiger partial charge is 0.282 e. The first-order valence-corrected chi connectivity index (χ1v) is 6.30. The molecule has 1 N–H and O–H groups in total. The first-order chi connectivity index (χ1) is 7.38. The molecule has 0 saturated heterocycles. The highest BCUT2D eigenvalue weighted by Gasteiger charge is 2.10. The minimum absolute atomic E-state index is 0.0648. The van der Waals surface area contributed by atoms with Crippen LogP contribution in [-0.4, -0.2) is 13.0 Å². The van der Waals surface area contributed by atoms with E-state index in [0.717, 1.165) is 21.9 Å². The second-order valence-corrected chi connectivity index (χ2v) is 5.36. The van der Waals surface area contributed by atoms with E-state index in [0.29, 0.717) is 0 Å². The maximum Gasteiger partial charge on any atom is 0.294 e. The molecule has 0 aliphatic heterocycles. The minimum Gasteiger partial charge on any atom is -0.282 e.